The lowest BCUT2D eigenvalue weighted by atomic mass is 9.91. The molecular weight excluding hydrogens is 1780 g/mol. The summed E-state index contributed by atoms with van der Waals surface area (Å²) in [5.74, 6) is 1.95. The second-order valence-corrected chi connectivity index (χ2v) is 35.8. The molecule has 14 heteroatoms. The van der Waals surface area contributed by atoms with Crippen LogP contribution in [0.1, 0.15) is 0 Å². The van der Waals surface area contributed by atoms with Crippen molar-refractivity contribution < 1.29 is 0 Å². The van der Waals surface area contributed by atoms with Gasteiger partial charge in [0.25, 0.3) is 0 Å². The van der Waals surface area contributed by atoms with Crippen LogP contribution < -0.4 is 0 Å². The molecule has 146 heavy (non-hydrogen) atoms. The summed E-state index contributed by atoms with van der Waals surface area (Å²) in [6.07, 6.45) is 14.6. The summed E-state index contributed by atoms with van der Waals surface area (Å²) in [4.78, 5) is 67.3. The van der Waals surface area contributed by atoms with Crippen LogP contribution >= 0.6 is 0 Å². The fraction of sp³-hybridized carbons (Fsp3) is 0. The third-order valence-electron chi connectivity index (χ3n) is 26.8. The number of nitrogens with zero attached hydrogens (tertiary/aromatic N) is 14. The molecule has 0 unspecified atom stereocenters. The Hall–Kier alpha value is -20.0. The molecule has 0 spiro atoms. The van der Waals surface area contributed by atoms with E-state index in [1.165, 1.54) is 27.3 Å². The van der Waals surface area contributed by atoms with Crippen molar-refractivity contribution in [1.82, 2.24) is 69.8 Å². The number of pyridine rings is 11. The highest BCUT2D eigenvalue weighted by molar-refractivity contribution is 6.20. The van der Waals surface area contributed by atoms with Gasteiger partial charge < -0.3 is 0 Å². The van der Waals surface area contributed by atoms with Crippen LogP contribution in [0, 0.1) is 0 Å². The monoisotopic (exact) mass is 1860 g/mol. The van der Waals surface area contributed by atoms with Crippen LogP contribution in [0.3, 0.4) is 0 Å². The molecule has 14 nitrogen and oxygen atoms in total. The lowest BCUT2D eigenvalue weighted by Crippen LogP contribution is -2.00. The smallest absolute Gasteiger partial charge is 0.164 e. The zero-order chi connectivity index (χ0) is 97.0. The van der Waals surface area contributed by atoms with Gasteiger partial charge in [0.15, 0.2) is 17.5 Å². The predicted octanol–water partition coefficient (Wildman–Crippen LogP) is 32.5. The molecule has 0 saturated carbocycles. The van der Waals surface area contributed by atoms with Crippen LogP contribution in [-0.4, -0.2) is 69.8 Å². The van der Waals surface area contributed by atoms with Crippen molar-refractivity contribution in [3.8, 4) is 180 Å². The second-order valence-electron chi connectivity index (χ2n) is 35.8. The zero-order valence-electron chi connectivity index (χ0n) is 78.8. The molecular formula is C132H84N14. The quantitative estimate of drug-likeness (QED) is 0.0834. The number of hydrogen-bond donors (Lipinski definition) is 0. The Kier molecular flexibility index (Phi) is 23.4. The third kappa shape index (κ3) is 17.5. The van der Waals surface area contributed by atoms with Crippen molar-refractivity contribution in [3.63, 3.8) is 0 Å². The fourth-order valence-electron chi connectivity index (χ4n) is 19.8. The van der Waals surface area contributed by atoms with Gasteiger partial charge in [-0.05, 0) is 182 Å². The molecule has 0 saturated heterocycles. The van der Waals surface area contributed by atoms with Crippen molar-refractivity contribution in [2.75, 3.05) is 0 Å². The van der Waals surface area contributed by atoms with Crippen molar-refractivity contribution in [2.45, 2.75) is 0 Å². The molecule has 12 aromatic heterocycles. The fourth-order valence-corrected chi connectivity index (χ4v) is 19.8. The van der Waals surface area contributed by atoms with E-state index in [-0.39, 0.29) is 0 Å². The van der Waals surface area contributed by atoms with Gasteiger partial charge in [-0.25, -0.2) is 44.9 Å². The van der Waals surface area contributed by atoms with Crippen LogP contribution in [0.15, 0.2) is 511 Å². The first kappa shape index (κ1) is 87.5. The van der Waals surface area contributed by atoms with Crippen molar-refractivity contribution >= 4 is 86.8 Å². The van der Waals surface area contributed by atoms with Gasteiger partial charge in [-0.3, -0.25) is 24.9 Å². The second kappa shape index (κ2) is 39.0. The third-order valence-corrected chi connectivity index (χ3v) is 26.8. The Morgan fingerprint density at radius 3 is 0.925 bits per heavy atom. The maximum absolute atomic E-state index is 5.23. The standard InChI is InChI=1S/2C45H29N5.C42H26N4/c1-3-10-34(11-4-1)43-48-44(35-12-5-2-6-13-35)50-45(49-43)36-24-20-31(21-25-36)30-18-22-32(23-19-30)37-15-9-16-39-41(37)38-14-7-8-17-40(38)47-42(39)33-26-28-46-29-27-33;1-2-16-39-37(13-1)44-36(14-8-15-38(44)45(50-39)34-12-9-23-46-29-34)33-11-7-10-32(26-33)30-19-21-31(22-20-30)35-27-42(40-17-3-5-24-47-40)49-43(28-35)41-18-4-6-25-48-41;1-2-9-27(10-3-1)36-22-20-28-18-19-29-21-23-37(45-42(29)41(28)44-36)31-12-6-11-30(25-31)33-15-7-16-35-39(33)34-14-4-5-17-38(34)46-40(35)32-13-8-24-43-26-32/h2*1-29H;1-26H. The Balaban J connectivity index is 0.000000114. The number of hydrogen-bond acceptors (Lipinski definition) is 14. The van der Waals surface area contributed by atoms with E-state index < -0.39 is 0 Å². The van der Waals surface area contributed by atoms with E-state index in [2.05, 4.69) is 328 Å². The maximum atomic E-state index is 5.23. The lowest BCUT2D eigenvalue weighted by molar-refractivity contribution is 1.07. The average Bonchev–Trinajstić information content (AvgIpc) is 0.750. The van der Waals surface area contributed by atoms with E-state index in [0.717, 1.165) is 222 Å². The summed E-state index contributed by atoms with van der Waals surface area (Å²) in [6.45, 7) is 0. The molecule has 0 aliphatic carbocycles. The van der Waals surface area contributed by atoms with E-state index in [0.29, 0.717) is 17.5 Å². The van der Waals surface area contributed by atoms with Crippen LogP contribution in [0.4, 0.5) is 0 Å². The highest BCUT2D eigenvalue weighted by Gasteiger charge is 2.23. The minimum absolute atomic E-state index is 0.642. The first-order chi connectivity index (χ1) is 72.4. The van der Waals surface area contributed by atoms with Crippen LogP contribution in [-0.2, 0) is 0 Å². The summed E-state index contributed by atoms with van der Waals surface area (Å²) < 4.78 is 0. The predicted molar refractivity (Wildman–Crippen MR) is 595 cm³/mol. The molecule has 0 radical (unpaired) electrons. The summed E-state index contributed by atoms with van der Waals surface area (Å²) in [6, 6.07) is 159. The molecule has 0 bridgehead atoms. The SMILES string of the molecule is c1ccc(-c2cc(-c3ccc(-c4cccc(-c5cccc6c(-c7cccnc7)nc7ccccc7c56)c4)cc3)cc(-c3ccccn3)n2)nc1.c1ccc(-c2ccc3ccc4ccc(-c5cccc(-c6cccc7c(-c8cccnc8)nc8ccccc8c67)c5)nc4c3n2)cc1.c1ccc(-c2nc(-c3ccccc3)nc(-c3ccc(-c4ccc(-c5cccc6c(-c7ccncc7)nc7ccccc7c56)cc4)cc3)n2)cc1. The average molecular weight is 1870 g/mol. The van der Waals surface area contributed by atoms with Gasteiger partial charge in [0.2, 0.25) is 0 Å². The highest BCUT2D eigenvalue weighted by Crippen LogP contribution is 2.46. The Morgan fingerprint density at radius 2 is 0.479 bits per heavy atom. The van der Waals surface area contributed by atoms with Gasteiger partial charge in [0, 0.05) is 153 Å². The van der Waals surface area contributed by atoms with E-state index >= 15 is 0 Å². The molecule has 0 amide bonds. The summed E-state index contributed by atoms with van der Waals surface area (Å²) >= 11 is 0. The normalized spacial score (nSPS) is 11.3. The molecule has 0 fully saturated rings. The number of aromatic nitrogens is 14. The van der Waals surface area contributed by atoms with Crippen molar-refractivity contribution in [1.29, 1.82) is 0 Å². The first-order valence-electron chi connectivity index (χ1n) is 48.5. The van der Waals surface area contributed by atoms with Crippen LogP contribution in [0.25, 0.3) is 267 Å². The molecule has 12 heterocycles. The summed E-state index contributed by atoms with van der Waals surface area (Å²) in [5.41, 5.74) is 34.3. The zero-order valence-corrected chi connectivity index (χ0v) is 78.8. The van der Waals surface area contributed by atoms with Crippen molar-refractivity contribution in [3.05, 3.63) is 511 Å². The molecule has 27 aromatic rings. The topological polar surface area (TPSA) is 180 Å². The largest absolute Gasteiger partial charge is 0.265 e. The summed E-state index contributed by atoms with van der Waals surface area (Å²) in [7, 11) is 0. The van der Waals surface area contributed by atoms with Gasteiger partial charge >= 0.3 is 0 Å². The van der Waals surface area contributed by atoms with E-state index in [1.807, 2.05) is 183 Å². The molecule has 0 aliphatic rings. The Bertz CT molecular complexity index is 9450. The molecule has 0 atom stereocenters. The first-order valence-corrected chi connectivity index (χ1v) is 48.5. The highest BCUT2D eigenvalue weighted by atomic mass is 15.0. The van der Waals surface area contributed by atoms with Gasteiger partial charge in [0.1, 0.15) is 0 Å². The minimum Gasteiger partial charge on any atom is -0.265 e. The molecule has 15 aromatic carbocycles. The minimum atomic E-state index is 0.642. The number of para-hydroxylation sites is 3. The molecule has 27 rings (SSSR count). The van der Waals surface area contributed by atoms with E-state index in [4.69, 9.17) is 44.9 Å². The number of rotatable bonds is 16. The maximum Gasteiger partial charge on any atom is 0.164 e. The van der Waals surface area contributed by atoms with Crippen LogP contribution in [0.2, 0.25) is 0 Å². The van der Waals surface area contributed by atoms with Crippen molar-refractivity contribution in [2.24, 2.45) is 0 Å². The number of benzene rings is 15. The van der Waals surface area contributed by atoms with Gasteiger partial charge in [-0.1, -0.05) is 346 Å². The van der Waals surface area contributed by atoms with Gasteiger partial charge in [-0.15, -0.1) is 0 Å². The number of fused-ring (bicyclic) bond motifs is 12. The Morgan fingerprint density at radius 1 is 0.144 bits per heavy atom. The van der Waals surface area contributed by atoms with Gasteiger partial charge in [-0.2, -0.15) is 0 Å². The van der Waals surface area contributed by atoms with Gasteiger partial charge in [0.05, 0.1) is 78.8 Å². The Labute approximate surface area is 841 Å². The molecule has 0 N–H and O–H groups in total. The lowest BCUT2D eigenvalue weighted by Gasteiger charge is -2.15. The molecule has 0 aliphatic heterocycles. The van der Waals surface area contributed by atoms with E-state index in [1.54, 1.807) is 24.8 Å². The molecule has 682 valence electrons. The van der Waals surface area contributed by atoms with Crippen LogP contribution in [0.5, 0.6) is 0 Å². The summed E-state index contributed by atoms with van der Waals surface area (Å²) in [5, 5.41) is 12.4. The van der Waals surface area contributed by atoms with E-state index in [9.17, 15) is 0 Å².